The van der Waals surface area contributed by atoms with E-state index in [0.717, 1.165) is 5.56 Å². The molecule has 2 aromatic rings. The van der Waals surface area contributed by atoms with Crippen LogP contribution in [0.4, 0.5) is 5.69 Å². The highest BCUT2D eigenvalue weighted by atomic mass is 79.9. The predicted molar refractivity (Wildman–Crippen MR) is 90.9 cm³/mol. The number of hydrogen-bond acceptors (Lipinski definition) is 1. The molecule has 0 saturated carbocycles. The first kappa shape index (κ1) is 15.5. The summed E-state index contributed by atoms with van der Waals surface area (Å²) in [4.78, 5) is 11.7. The molecule has 5 heteroatoms. The summed E-state index contributed by atoms with van der Waals surface area (Å²) >= 11 is 13.0. The zero-order chi connectivity index (χ0) is 14.5. The van der Waals surface area contributed by atoms with Gasteiger partial charge in [-0.1, -0.05) is 85.9 Å². The third kappa shape index (κ3) is 3.84. The molecule has 0 aromatic heterocycles. The average molecular weight is 418 g/mol. The Balaban J connectivity index is 2.08. The molecule has 104 valence electrons. The summed E-state index contributed by atoms with van der Waals surface area (Å²) in [6, 6.07) is 16.9. The van der Waals surface area contributed by atoms with Gasteiger partial charge in [-0.15, -0.1) is 0 Å². The molecule has 20 heavy (non-hydrogen) atoms. The fraction of sp³-hybridized carbons (Fsp3) is 0.133. The number of amides is 1. The molecule has 0 aliphatic carbocycles. The van der Waals surface area contributed by atoms with Crippen LogP contribution in [0.2, 0.25) is 5.02 Å². The summed E-state index contributed by atoms with van der Waals surface area (Å²) in [6.45, 7) is 0. The molecular formula is C15H12Br2ClNO. The SMILES string of the molecule is O=C(Nc1ccccc1Cl)C(Br)C(Br)c1ccccc1. The third-order valence-electron chi connectivity index (χ3n) is 2.76. The summed E-state index contributed by atoms with van der Waals surface area (Å²) in [6.07, 6.45) is 0. The number of nitrogens with one attached hydrogen (secondary N) is 1. The number of carbonyl (C=O) groups excluding carboxylic acids is 1. The van der Waals surface area contributed by atoms with Crippen molar-refractivity contribution in [2.75, 3.05) is 5.32 Å². The van der Waals surface area contributed by atoms with Crippen LogP contribution in [0.1, 0.15) is 10.4 Å². The van der Waals surface area contributed by atoms with Gasteiger partial charge >= 0.3 is 0 Å². The number of hydrogen-bond donors (Lipinski definition) is 1. The first-order chi connectivity index (χ1) is 9.59. The van der Waals surface area contributed by atoms with Crippen LogP contribution in [0.25, 0.3) is 0 Å². The Morgan fingerprint density at radius 3 is 2.25 bits per heavy atom. The standard InChI is InChI=1S/C15H12Br2ClNO/c16-13(10-6-2-1-3-7-10)14(17)15(20)19-12-9-5-4-8-11(12)18/h1-9,13-14H,(H,19,20). The molecule has 0 spiro atoms. The lowest BCUT2D eigenvalue weighted by atomic mass is 10.1. The van der Waals surface area contributed by atoms with E-state index in [0.29, 0.717) is 10.7 Å². The predicted octanol–water partition coefficient (Wildman–Crippen LogP) is 5.18. The molecule has 1 N–H and O–H groups in total. The second kappa shape index (κ2) is 7.25. The lowest BCUT2D eigenvalue weighted by Gasteiger charge is -2.17. The average Bonchev–Trinajstić information content (AvgIpc) is 2.49. The van der Waals surface area contributed by atoms with E-state index in [2.05, 4.69) is 37.2 Å². The van der Waals surface area contributed by atoms with Crippen molar-refractivity contribution in [2.45, 2.75) is 9.65 Å². The first-order valence-corrected chi connectivity index (χ1v) is 8.19. The lowest BCUT2D eigenvalue weighted by molar-refractivity contribution is -0.115. The number of anilines is 1. The summed E-state index contributed by atoms with van der Waals surface area (Å²) in [5.74, 6) is -0.149. The molecule has 0 saturated heterocycles. The third-order valence-corrected chi connectivity index (χ3v) is 5.80. The Bertz CT molecular complexity index is 591. The summed E-state index contributed by atoms with van der Waals surface area (Å²) in [5.41, 5.74) is 1.64. The van der Waals surface area contributed by atoms with Gasteiger partial charge in [0.2, 0.25) is 5.91 Å². The zero-order valence-corrected chi connectivity index (χ0v) is 14.3. The van der Waals surface area contributed by atoms with E-state index in [4.69, 9.17) is 11.6 Å². The number of para-hydroxylation sites is 1. The maximum absolute atomic E-state index is 12.2. The van der Waals surface area contributed by atoms with Crippen LogP contribution in [0, 0.1) is 0 Å². The van der Waals surface area contributed by atoms with Crippen molar-refractivity contribution in [3.05, 3.63) is 65.2 Å². The van der Waals surface area contributed by atoms with Crippen LogP contribution in [0.15, 0.2) is 54.6 Å². The van der Waals surface area contributed by atoms with E-state index in [1.165, 1.54) is 0 Å². The fourth-order valence-corrected chi connectivity index (χ4v) is 2.85. The van der Waals surface area contributed by atoms with Gasteiger partial charge in [0.1, 0.15) is 4.83 Å². The molecule has 1 amide bonds. The molecule has 2 rings (SSSR count). The second-order valence-corrected chi connectivity index (χ2v) is 6.56. The highest BCUT2D eigenvalue weighted by molar-refractivity contribution is 9.12. The lowest BCUT2D eigenvalue weighted by Crippen LogP contribution is -2.26. The minimum Gasteiger partial charge on any atom is -0.324 e. The van der Waals surface area contributed by atoms with Gasteiger partial charge in [0.05, 0.1) is 15.5 Å². The monoisotopic (exact) mass is 415 g/mol. The van der Waals surface area contributed by atoms with Gasteiger partial charge in [-0.25, -0.2) is 0 Å². The van der Waals surface area contributed by atoms with Crippen molar-refractivity contribution in [3.63, 3.8) is 0 Å². The molecule has 2 nitrogen and oxygen atoms in total. The van der Waals surface area contributed by atoms with Crippen molar-refractivity contribution >= 4 is 55.1 Å². The molecule has 0 heterocycles. The normalized spacial score (nSPS) is 13.6. The quantitative estimate of drug-likeness (QED) is 0.683. The van der Waals surface area contributed by atoms with E-state index >= 15 is 0 Å². The summed E-state index contributed by atoms with van der Waals surface area (Å²) < 4.78 is 0. The van der Waals surface area contributed by atoms with Gasteiger partial charge in [0, 0.05) is 0 Å². The van der Waals surface area contributed by atoms with Gasteiger partial charge in [0.25, 0.3) is 0 Å². The van der Waals surface area contributed by atoms with E-state index in [-0.39, 0.29) is 10.7 Å². The minimum absolute atomic E-state index is 0.119. The molecule has 0 fully saturated rings. The number of carbonyl (C=O) groups is 1. The van der Waals surface area contributed by atoms with Crippen LogP contribution in [-0.4, -0.2) is 10.7 Å². The molecular weight excluding hydrogens is 405 g/mol. The molecule has 0 radical (unpaired) electrons. The number of alkyl halides is 2. The number of halogens is 3. The van der Waals surface area contributed by atoms with Crippen LogP contribution in [-0.2, 0) is 4.79 Å². The smallest absolute Gasteiger partial charge is 0.239 e. The van der Waals surface area contributed by atoms with Gasteiger partial charge in [-0.2, -0.15) is 0 Å². The van der Waals surface area contributed by atoms with Crippen LogP contribution < -0.4 is 5.32 Å². The van der Waals surface area contributed by atoms with Crippen LogP contribution in [0.3, 0.4) is 0 Å². The van der Waals surface area contributed by atoms with E-state index in [1.54, 1.807) is 12.1 Å². The van der Waals surface area contributed by atoms with E-state index in [9.17, 15) is 4.79 Å². The first-order valence-electron chi connectivity index (χ1n) is 5.98. The second-order valence-electron chi connectivity index (χ2n) is 4.18. The highest BCUT2D eigenvalue weighted by Gasteiger charge is 2.25. The van der Waals surface area contributed by atoms with Crippen LogP contribution in [0.5, 0.6) is 0 Å². The largest absolute Gasteiger partial charge is 0.324 e. The Kier molecular flexibility index (Phi) is 5.64. The molecule has 2 unspecified atom stereocenters. The van der Waals surface area contributed by atoms with Crippen molar-refractivity contribution in [1.29, 1.82) is 0 Å². The maximum atomic E-state index is 12.2. The summed E-state index contributed by atoms with van der Waals surface area (Å²) in [7, 11) is 0. The zero-order valence-electron chi connectivity index (χ0n) is 10.4. The Hall–Kier alpha value is -0.840. The minimum atomic E-state index is -0.402. The molecule has 2 atom stereocenters. The Labute approximate surface area is 139 Å². The number of rotatable bonds is 4. The Morgan fingerprint density at radius 1 is 1.00 bits per heavy atom. The van der Waals surface area contributed by atoms with Crippen molar-refractivity contribution < 1.29 is 4.79 Å². The van der Waals surface area contributed by atoms with Gasteiger partial charge in [-0.3, -0.25) is 4.79 Å². The highest BCUT2D eigenvalue weighted by Crippen LogP contribution is 2.32. The Morgan fingerprint density at radius 2 is 1.60 bits per heavy atom. The van der Waals surface area contributed by atoms with Crippen LogP contribution >= 0.6 is 43.5 Å². The van der Waals surface area contributed by atoms with E-state index in [1.807, 2.05) is 42.5 Å². The van der Waals surface area contributed by atoms with Gasteiger partial charge < -0.3 is 5.32 Å². The molecule has 0 bridgehead atoms. The van der Waals surface area contributed by atoms with Gasteiger partial charge in [-0.05, 0) is 17.7 Å². The summed E-state index contributed by atoms with van der Waals surface area (Å²) in [5, 5.41) is 3.33. The maximum Gasteiger partial charge on any atom is 0.239 e. The molecule has 0 aliphatic rings. The number of benzene rings is 2. The van der Waals surface area contributed by atoms with Crippen molar-refractivity contribution in [2.24, 2.45) is 0 Å². The van der Waals surface area contributed by atoms with Crippen molar-refractivity contribution in [1.82, 2.24) is 0 Å². The van der Waals surface area contributed by atoms with Crippen molar-refractivity contribution in [3.8, 4) is 0 Å². The molecule has 2 aromatic carbocycles. The van der Waals surface area contributed by atoms with Gasteiger partial charge in [0.15, 0.2) is 0 Å². The fourth-order valence-electron chi connectivity index (χ4n) is 1.70. The topological polar surface area (TPSA) is 29.1 Å². The van der Waals surface area contributed by atoms with E-state index < -0.39 is 4.83 Å². The molecule has 0 aliphatic heterocycles.